The number of carbonyl (C=O) groups excluding carboxylic acids is 1. The van der Waals surface area contributed by atoms with Gasteiger partial charge < -0.3 is 0 Å². The van der Waals surface area contributed by atoms with E-state index in [0.29, 0.717) is 12.1 Å². The van der Waals surface area contributed by atoms with E-state index in [0.717, 1.165) is 22.0 Å². The molecule has 0 radical (unpaired) electrons. The molecule has 1 aliphatic heterocycles. The van der Waals surface area contributed by atoms with E-state index in [1.54, 1.807) is 18.3 Å². The van der Waals surface area contributed by atoms with Gasteiger partial charge in [-0.3, -0.25) is 19.9 Å². The number of benzene rings is 2. The van der Waals surface area contributed by atoms with Gasteiger partial charge in [0.25, 0.3) is 5.69 Å². The summed E-state index contributed by atoms with van der Waals surface area (Å²) in [5, 5.41) is 15.9. The monoisotopic (exact) mass is 346 g/mol. The van der Waals surface area contributed by atoms with Crippen molar-refractivity contribution in [3.8, 4) is 0 Å². The van der Waals surface area contributed by atoms with Crippen LogP contribution in [0.15, 0.2) is 65.9 Å². The first-order chi connectivity index (χ1) is 12.6. The van der Waals surface area contributed by atoms with Crippen LogP contribution < -0.4 is 5.43 Å². The zero-order valence-corrected chi connectivity index (χ0v) is 13.6. The molecule has 0 bridgehead atoms. The van der Waals surface area contributed by atoms with E-state index in [1.807, 2.05) is 30.3 Å². The Labute approximate surface area is 148 Å². The Bertz CT molecular complexity index is 1040. The summed E-state index contributed by atoms with van der Waals surface area (Å²) in [7, 11) is 0. The lowest BCUT2D eigenvalue weighted by Crippen LogP contribution is -2.33. The van der Waals surface area contributed by atoms with Crippen molar-refractivity contribution in [3.63, 3.8) is 0 Å². The van der Waals surface area contributed by atoms with Crippen molar-refractivity contribution in [1.29, 1.82) is 0 Å². The van der Waals surface area contributed by atoms with Crippen molar-refractivity contribution >= 4 is 28.2 Å². The fourth-order valence-corrected chi connectivity index (χ4v) is 3.17. The molecule has 7 nitrogen and oxygen atoms in total. The van der Waals surface area contributed by atoms with Crippen molar-refractivity contribution in [2.75, 3.05) is 0 Å². The fraction of sp³-hybridized carbons (Fsp3) is 0.105. The molecule has 7 heteroatoms. The summed E-state index contributed by atoms with van der Waals surface area (Å²) in [6.45, 7) is 0. The third-order valence-corrected chi connectivity index (χ3v) is 4.48. The van der Waals surface area contributed by atoms with Crippen molar-refractivity contribution in [3.05, 3.63) is 82.0 Å². The summed E-state index contributed by atoms with van der Waals surface area (Å²) >= 11 is 0. The van der Waals surface area contributed by atoms with Gasteiger partial charge in [0.1, 0.15) is 0 Å². The molecule has 1 amide bonds. The van der Waals surface area contributed by atoms with Crippen molar-refractivity contribution in [2.45, 2.75) is 12.3 Å². The molecule has 3 aromatic rings. The Kier molecular flexibility index (Phi) is 3.89. The maximum atomic E-state index is 12.4. The molecule has 0 spiro atoms. The van der Waals surface area contributed by atoms with E-state index in [2.05, 4.69) is 15.5 Å². The Morgan fingerprint density at radius 3 is 2.65 bits per heavy atom. The predicted octanol–water partition coefficient (Wildman–Crippen LogP) is 3.15. The van der Waals surface area contributed by atoms with Crippen LogP contribution in [0.1, 0.15) is 23.5 Å². The largest absolute Gasteiger partial charge is 0.272 e. The van der Waals surface area contributed by atoms with Gasteiger partial charge in [-0.15, -0.1) is 0 Å². The van der Waals surface area contributed by atoms with Crippen LogP contribution in [-0.4, -0.2) is 21.5 Å². The first-order valence-corrected chi connectivity index (χ1v) is 8.08. The molecule has 0 saturated heterocycles. The summed E-state index contributed by atoms with van der Waals surface area (Å²) in [5.41, 5.74) is 5.75. The number of rotatable bonds is 3. The van der Waals surface area contributed by atoms with Gasteiger partial charge in [-0.1, -0.05) is 18.2 Å². The van der Waals surface area contributed by atoms with Gasteiger partial charge >= 0.3 is 0 Å². The number of aromatic nitrogens is 1. The molecule has 4 rings (SSSR count). The number of pyridine rings is 1. The second kappa shape index (κ2) is 6.36. The molecule has 2 aromatic carbocycles. The first-order valence-electron chi connectivity index (χ1n) is 8.08. The van der Waals surface area contributed by atoms with Gasteiger partial charge in [0.15, 0.2) is 0 Å². The van der Waals surface area contributed by atoms with Crippen LogP contribution in [0.2, 0.25) is 0 Å². The normalized spacial score (nSPS) is 16.8. The third-order valence-electron chi connectivity index (χ3n) is 4.48. The standard InChI is InChI=1S/C19H14N4O3/c24-19-16(14-3-1-5-17-15(14)4-2-10-20-17)11-18(21-22-19)12-6-8-13(9-7-12)23(25)26/h1-10,16H,11H2,(H,22,24). The molecule has 1 atom stereocenters. The number of nitrogens with one attached hydrogen (secondary N) is 1. The summed E-state index contributed by atoms with van der Waals surface area (Å²) < 4.78 is 0. The van der Waals surface area contributed by atoms with Crippen LogP contribution in [0.5, 0.6) is 0 Å². The van der Waals surface area contributed by atoms with Gasteiger partial charge in [-0.2, -0.15) is 5.10 Å². The van der Waals surface area contributed by atoms with E-state index in [1.165, 1.54) is 12.1 Å². The second-order valence-corrected chi connectivity index (χ2v) is 6.01. The highest BCUT2D eigenvalue weighted by Gasteiger charge is 2.28. The molecule has 0 fully saturated rings. The number of amides is 1. The number of nitro groups is 1. The quantitative estimate of drug-likeness (QED) is 0.582. The molecule has 1 aliphatic rings. The van der Waals surface area contributed by atoms with E-state index in [-0.39, 0.29) is 11.6 Å². The zero-order valence-electron chi connectivity index (χ0n) is 13.6. The third kappa shape index (κ3) is 2.79. The Balaban J connectivity index is 1.70. The minimum Gasteiger partial charge on any atom is -0.272 e. The minimum atomic E-state index is -0.444. The fourth-order valence-electron chi connectivity index (χ4n) is 3.17. The van der Waals surface area contributed by atoms with Gasteiger partial charge in [0.05, 0.1) is 22.1 Å². The van der Waals surface area contributed by atoms with Crippen molar-refractivity contribution in [2.24, 2.45) is 5.10 Å². The van der Waals surface area contributed by atoms with Crippen molar-refractivity contribution < 1.29 is 9.72 Å². The van der Waals surface area contributed by atoms with Gasteiger partial charge in [0, 0.05) is 30.1 Å². The molecule has 128 valence electrons. The maximum absolute atomic E-state index is 12.4. The molecule has 0 saturated carbocycles. The number of nitrogens with zero attached hydrogens (tertiary/aromatic N) is 3. The average molecular weight is 346 g/mol. The average Bonchev–Trinajstić information content (AvgIpc) is 2.68. The highest BCUT2D eigenvalue weighted by Crippen LogP contribution is 2.30. The van der Waals surface area contributed by atoms with Gasteiger partial charge in [0.2, 0.25) is 5.91 Å². The van der Waals surface area contributed by atoms with Gasteiger partial charge in [-0.25, -0.2) is 5.43 Å². The molecular weight excluding hydrogens is 332 g/mol. The number of fused-ring (bicyclic) bond motifs is 1. The number of nitro benzene ring substituents is 1. The summed E-state index contributed by atoms with van der Waals surface area (Å²) in [4.78, 5) is 27.1. The lowest BCUT2D eigenvalue weighted by atomic mass is 9.87. The van der Waals surface area contributed by atoms with Crippen LogP contribution in [0.4, 0.5) is 5.69 Å². The highest BCUT2D eigenvalue weighted by molar-refractivity contribution is 6.07. The molecule has 0 aliphatic carbocycles. The molecule has 1 N–H and O–H groups in total. The van der Waals surface area contributed by atoms with Crippen LogP contribution >= 0.6 is 0 Å². The molecular formula is C19H14N4O3. The summed E-state index contributed by atoms with van der Waals surface area (Å²) in [6.07, 6.45) is 2.13. The summed E-state index contributed by atoms with van der Waals surface area (Å²) in [6, 6.07) is 15.7. The number of hydrogen-bond donors (Lipinski definition) is 1. The molecule has 26 heavy (non-hydrogen) atoms. The maximum Gasteiger partial charge on any atom is 0.269 e. The summed E-state index contributed by atoms with van der Waals surface area (Å²) in [5.74, 6) is -0.572. The van der Waals surface area contributed by atoms with E-state index >= 15 is 0 Å². The number of non-ortho nitro benzene ring substituents is 1. The molecule has 2 heterocycles. The van der Waals surface area contributed by atoms with Crippen molar-refractivity contribution in [1.82, 2.24) is 10.4 Å². The van der Waals surface area contributed by atoms with E-state index < -0.39 is 10.8 Å². The van der Waals surface area contributed by atoms with Crippen LogP contribution in [-0.2, 0) is 4.79 Å². The Hall–Kier alpha value is -3.61. The molecule has 1 unspecified atom stereocenters. The zero-order chi connectivity index (χ0) is 18.1. The Morgan fingerprint density at radius 2 is 1.88 bits per heavy atom. The molecule has 1 aromatic heterocycles. The topological polar surface area (TPSA) is 97.5 Å². The SMILES string of the molecule is O=C1NN=C(c2ccc([N+](=O)[O-])cc2)CC1c1cccc2ncccc12. The highest BCUT2D eigenvalue weighted by atomic mass is 16.6. The predicted molar refractivity (Wildman–Crippen MR) is 96.9 cm³/mol. The minimum absolute atomic E-state index is 0.0193. The first kappa shape index (κ1) is 15.9. The smallest absolute Gasteiger partial charge is 0.269 e. The lowest BCUT2D eigenvalue weighted by Gasteiger charge is -2.23. The second-order valence-electron chi connectivity index (χ2n) is 6.01. The lowest BCUT2D eigenvalue weighted by molar-refractivity contribution is -0.384. The number of hydrazone groups is 1. The van der Waals surface area contributed by atoms with E-state index in [4.69, 9.17) is 0 Å². The van der Waals surface area contributed by atoms with Crippen LogP contribution in [0.3, 0.4) is 0 Å². The van der Waals surface area contributed by atoms with Crippen LogP contribution in [0.25, 0.3) is 10.9 Å². The Morgan fingerprint density at radius 1 is 1.08 bits per heavy atom. The van der Waals surface area contributed by atoms with E-state index in [9.17, 15) is 14.9 Å². The van der Waals surface area contributed by atoms with Gasteiger partial charge in [-0.05, 0) is 35.4 Å². The number of hydrogen-bond acceptors (Lipinski definition) is 5. The number of carbonyl (C=O) groups is 1. The van der Waals surface area contributed by atoms with Crippen LogP contribution in [0, 0.1) is 10.1 Å².